The maximum atomic E-state index is 5.75. The van der Waals surface area contributed by atoms with Crippen molar-refractivity contribution in [2.24, 2.45) is 18.0 Å². The Balaban J connectivity index is 0.00000243. The molecule has 0 aromatic carbocycles. The molecule has 26 heavy (non-hydrogen) atoms. The third kappa shape index (κ3) is 6.09. The number of aromatic nitrogens is 2. The van der Waals surface area contributed by atoms with Crippen LogP contribution < -0.4 is 5.32 Å². The Bertz CT molecular complexity index is 560. The molecule has 1 aromatic rings. The summed E-state index contributed by atoms with van der Waals surface area (Å²) in [7, 11) is 3.83. The first-order valence-electron chi connectivity index (χ1n) is 9.36. The summed E-state index contributed by atoms with van der Waals surface area (Å²) in [6, 6.07) is 0. The van der Waals surface area contributed by atoms with Crippen molar-refractivity contribution < 1.29 is 9.47 Å². The number of halogens is 1. The van der Waals surface area contributed by atoms with E-state index < -0.39 is 0 Å². The Kier molecular flexibility index (Phi) is 9.13. The largest absolute Gasteiger partial charge is 0.381 e. The van der Waals surface area contributed by atoms with Gasteiger partial charge in [0.1, 0.15) is 0 Å². The van der Waals surface area contributed by atoms with Crippen molar-refractivity contribution in [1.82, 2.24) is 20.0 Å². The number of nitrogens with zero attached hydrogens (tertiary/aromatic N) is 4. The highest BCUT2D eigenvalue weighted by molar-refractivity contribution is 14.0. The molecule has 2 fully saturated rings. The van der Waals surface area contributed by atoms with Crippen molar-refractivity contribution in [1.29, 1.82) is 0 Å². The average Bonchev–Trinajstić information content (AvgIpc) is 3.35. The van der Waals surface area contributed by atoms with Crippen LogP contribution in [0.3, 0.4) is 0 Å². The van der Waals surface area contributed by atoms with E-state index >= 15 is 0 Å². The highest BCUT2D eigenvalue weighted by Crippen LogP contribution is 2.26. The monoisotopic (exact) mass is 477 g/mol. The maximum Gasteiger partial charge on any atom is 0.193 e. The van der Waals surface area contributed by atoms with Crippen LogP contribution in [-0.4, -0.2) is 73.7 Å². The van der Waals surface area contributed by atoms with Gasteiger partial charge in [-0.3, -0.25) is 9.67 Å². The summed E-state index contributed by atoms with van der Waals surface area (Å²) >= 11 is 0. The number of aryl methyl sites for hydroxylation is 1. The van der Waals surface area contributed by atoms with E-state index in [1.54, 1.807) is 0 Å². The highest BCUT2D eigenvalue weighted by atomic mass is 127. The molecule has 0 radical (unpaired) electrons. The van der Waals surface area contributed by atoms with E-state index in [1.165, 1.54) is 5.56 Å². The Morgan fingerprint density at radius 2 is 2.35 bits per heavy atom. The van der Waals surface area contributed by atoms with E-state index in [0.29, 0.717) is 11.8 Å². The van der Waals surface area contributed by atoms with Crippen molar-refractivity contribution in [2.75, 3.05) is 53.1 Å². The fourth-order valence-corrected chi connectivity index (χ4v) is 3.55. The van der Waals surface area contributed by atoms with Crippen LogP contribution >= 0.6 is 24.0 Å². The molecule has 0 aliphatic carbocycles. The van der Waals surface area contributed by atoms with Crippen LogP contribution in [0.15, 0.2) is 17.4 Å². The lowest BCUT2D eigenvalue weighted by Gasteiger charge is -2.21. The summed E-state index contributed by atoms with van der Waals surface area (Å²) in [5.41, 5.74) is 1.32. The van der Waals surface area contributed by atoms with Crippen LogP contribution in [0.5, 0.6) is 0 Å². The fraction of sp³-hybridized carbons (Fsp3) is 0.778. The molecule has 0 bridgehead atoms. The average molecular weight is 477 g/mol. The van der Waals surface area contributed by atoms with Crippen molar-refractivity contribution in [2.45, 2.75) is 25.2 Å². The molecule has 2 saturated heterocycles. The van der Waals surface area contributed by atoms with Crippen molar-refractivity contribution in [3.63, 3.8) is 0 Å². The number of aliphatic imine (C=N–C) groups is 1. The van der Waals surface area contributed by atoms with E-state index in [-0.39, 0.29) is 24.0 Å². The third-order valence-corrected chi connectivity index (χ3v) is 5.02. The topological polar surface area (TPSA) is 63.9 Å². The maximum absolute atomic E-state index is 5.75. The van der Waals surface area contributed by atoms with Crippen LogP contribution in [0.2, 0.25) is 0 Å². The van der Waals surface area contributed by atoms with Gasteiger partial charge in [-0.1, -0.05) is 0 Å². The molecule has 1 aromatic heterocycles. The van der Waals surface area contributed by atoms with Gasteiger partial charge in [0.25, 0.3) is 0 Å². The lowest BCUT2D eigenvalue weighted by atomic mass is 10.0. The lowest BCUT2D eigenvalue weighted by Crippen LogP contribution is -2.40. The first-order valence-corrected chi connectivity index (χ1v) is 9.36. The Labute approximate surface area is 173 Å². The number of guanidine groups is 1. The molecule has 0 saturated carbocycles. The van der Waals surface area contributed by atoms with Crippen LogP contribution in [0, 0.1) is 5.92 Å². The molecule has 7 nitrogen and oxygen atoms in total. The van der Waals surface area contributed by atoms with E-state index in [9.17, 15) is 0 Å². The predicted octanol–water partition coefficient (Wildman–Crippen LogP) is 1.85. The number of nitrogens with one attached hydrogen (secondary N) is 1. The molecule has 8 heteroatoms. The van der Waals surface area contributed by atoms with Crippen molar-refractivity contribution >= 4 is 29.9 Å². The quantitative estimate of drug-likeness (QED) is 0.281. The molecule has 2 aliphatic heterocycles. The zero-order chi connectivity index (χ0) is 17.5. The standard InChI is InChI=1S/C18H31N5O2.HI/c1-19-18(20-6-3-8-24-13-15-5-9-25-14-15)23-7-4-16(12-23)17-10-21-22(2)11-17;/h10-11,15-16H,3-9,12-14H2,1-2H3,(H,19,20);1H. The Morgan fingerprint density at radius 3 is 3.04 bits per heavy atom. The number of likely N-dealkylation sites (tertiary alicyclic amines) is 1. The molecule has 2 aliphatic rings. The molecule has 2 unspecified atom stereocenters. The fourth-order valence-electron chi connectivity index (χ4n) is 3.55. The highest BCUT2D eigenvalue weighted by Gasteiger charge is 2.26. The minimum atomic E-state index is 0. The van der Waals surface area contributed by atoms with E-state index in [2.05, 4.69) is 26.5 Å². The molecule has 3 rings (SSSR count). The molecule has 0 spiro atoms. The minimum Gasteiger partial charge on any atom is -0.381 e. The van der Waals surface area contributed by atoms with Gasteiger partial charge in [-0.25, -0.2) is 0 Å². The van der Waals surface area contributed by atoms with Gasteiger partial charge < -0.3 is 19.7 Å². The second kappa shape index (κ2) is 11.1. The second-order valence-electron chi connectivity index (χ2n) is 7.01. The summed E-state index contributed by atoms with van der Waals surface area (Å²) in [5.74, 6) is 2.13. The molecule has 148 valence electrons. The molecule has 2 atom stereocenters. The summed E-state index contributed by atoms with van der Waals surface area (Å²) in [4.78, 5) is 6.78. The number of rotatable bonds is 7. The summed E-state index contributed by atoms with van der Waals surface area (Å²) in [6.45, 7) is 6.30. The summed E-state index contributed by atoms with van der Waals surface area (Å²) < 4.78 is 13.0. The number of hydrogen-bond acceptors (Lipinski definition) is 4. The summed E-state index contributed by atoms with van der Waals surface area (Å²) in [6.07, 6.45) is 7.39. The molecular formula is C18H32IN5O2. The van der Waals surface area contributed by atoms with Crippen LogP contribution in [-0.2, 0) is 16.5 Å². The summed E-state index contributed by atoms with van der Waals surface area (Å²) in [5, 5.41) is 7.76. The number of ether oxygens (including phenoxy) is 2. The van der Waals surface area contributed by atoms with E-state index in [4.69, 9.17) is 9.47 Å². The predicted molar refractivity (Wildman–Crippen MR) is 113 cm³/mol. The SMILES string of the molecule is CN=C(NCCCOCC1CCOC1)N1CCC(c2cnn(C)c2)C1.I. The van der Waals surface area contributed by atoms with Gasteiger partial charge in [-0.15, -0.1) is 24.0 Å². The van der Waals surface area contributed by atoms with E-state index in [1.807, 2.05) is 25.0 Å². The normalized spacial score (nSPS) is 23.3. The smallest absolute Gasteiger partial charge is 0.193 e. The minimum absolute atomic E-state index is 0. The van der Waals surface area contributed by atoms with Crippen molar-refractivity contribution in [3.8, 4) is 0 Å². The van der Waals surface area contributed by atoms with Crippen LogP contribution in [0.25, 0.3) is 0 Å². The first kappa shape index (κ1) is 21.4. The Morgan fingerprint density at radius 1 is 1.46 bits per heavy atom. The molecule has 1 N–H and O–H groups in total. The van der Waals surface area contributed by atoms with E-state index in [0.717, 1.165) is 71.3 Å². The first-order chi connectivity index (χ1) is 12.3. The zero-order valence-corrected chi connectivity index (χ0v) is 18.2. The second-order valence-corrected chi connectivity index (χ2v) is 7.01. The lowest BCUT2D eigenvalue weighted by molar-refractivity contribution is 0.0887. The van der Waals surface area contributed by atoms with Crippen LogP contribution in [0.1, 0.15) is 30.7 Å². The van der Waals surface area contributed by atoms with Crippen LogP contribution in [0.4, 0.5) is 0 Å². The van der Waals surface area contributed by atoms with Gasteiger partial charge in [0.2, 0.25) is 0 Å². The number of hydrogen-bond donors (Lipinski definition) is 1. The van der Waals surface area contributed by atoms with Gasteiger partial charge >= 0.3 is 0 Å². The van der Waals surface area contributed by atoms with Gasteiger partial charge in [0.15, 0.2) is 5.96 Å². The van der Waals surface area contributed by atoms with Gasteiger partial charge in [-0.2, -0.15) is 5.10 Å². The third-order valence-electron chi connectivity index (χ3n) is 5.02. The molecule has 0 amide bonds. The van der Waals surface area contributed by atoms with Gasteiger partial charge in [0.05, 0.1) is 19.4 Å². The zero-order valence-electron chi connectivity index (χ0n) is 15.9. The van der Waals surface area contributed by atoms with Gasteiger partial charge in [0, 0.05) is 65.0 Å². The molecule has 3 heterocycles. The molecular weight excluding hydrogens is 445 g/mol. The Hall–Kier alpha value is -0.870. The van der Waals surface area contributed by atoms with Gasteiger partial charge in [-0.05, 0) is 24.8 Å². The van der Waals surface area contributed by atoms with Crippen molar-refractivity contribution in [3.05, 3.63) is 18.0 Å².